The van der Waals surface area contributed by atoms with Crippen molar-refractivity contribution >= 4 is 27.3 Å². The monoisotopic (exact) mass is 329 g/mol. The van der Waals surface area contributed by atoms with E-state index in [2.05, 4.69) is 41.2 Å². The molecule has 0 aromatic carbocycles. The van der Waals surface area contributed by atoms with Crippen molar-refractivity contribution in [1.29, 1.82) is 0 Å². The van der Waals surface area contributed by atoms with Gasteiger partial charge in [0, 0.05) is 20.3 Å². The zero-order valence-corrected chi connectivity index (χ0v) is 13.9. The van der Waals surface area contributed by atoms with E-state index in [0.29, 0.717) is 6.04 Å². The van der Waals surface area contributed by atoms with E-state index in [1.54, 1.807) is 0 Å². The lowest BCUT2D eigenvalue weighted by Gasteiger charge is -2.26. The summed E-state index contributed by atoms with van der Waals surface area (Å²) in [5, 5.41) is 3.68. The molecule has 1 unspecified atom stereocenters. The molecule has 1 aromatic heterocycles. The SMILES string of the molecule is CCNC(CC1CCCCC1)c1cc(Br)c(C)s1. The van der Waals surface area contributed by atoms with E-state index in [0.717, 1.165) is 12.5 Å². The van der Waals surface area contributed by atoms with Crippen molar-refractivity contribution < 1.29 is 0 Å². The largest absolute Gasteiger partial charge is 0.310 e. The highest BCUT2D eigenvalue weighted by Gasteiger charge is 2.21. The van der Waals surface area contributed by atoms with Gasteiger partial charge < -0.3 is 5.32 Å². The van der Waals surface area contributed by atoms with E-state index in [1.165, 1.54) is 52.8 Å². The summed E-state index contributed by atoms with van der Waals surface area (Å²) in [7, 11) is 0. The number of rotatable bonds is 5. The Bertz CT molecular complexity index is 349. The van der Waals surface area contributed by atoms with Gasteiger partial charge in [0.15, 0.2) is 0 Å². The van der Waals surface area contributed by atoms with Crippen molar-refractivity contribution in [2.24, 2.45) is 5.92 Å². The van der Waals surface area contributed by atoms with Gasteiger partial charge in [-0.05, 0) is 47.8 Å². The molecule has 0 spiro atoms. The van der Waals surface area contributed by atoms with Gasteiger partial charge in [0.25, 0.3) is 0 Å². The Morgan fingerprint density at radius 1 is 1.39 bits per heavy atom. The minimum atomic E-state index is 0.563. The molecule has 3 heteroatoms. The number of hydrogen-bond donors (Lipinski definition) is 1. The Morgan fingerprint density at radius 3 is 2.67 bits per heavy atom. The minimum Gasteiger partial charge on any atom is -0.310 e. The maximum atomic E-state index is 3.68. The Labute approximate surface area is 123 Å². The van der Waals surface area contributed by atoms with Crippen LogP contribution in [-0.4, -0.2) is 6.54 Å². The van der Waals surface area contributed by atoms with E-state index >= 15 is 0 Å². The Hall–Kier alpha value is 0.140. The molecule has 1 aromatic rings. The summed E-state index contributed by atoms with van der Waals surface area (Å²) in [6.45, 7) is 5.47. The van der Waals surface area contributed by atoms with Gasteiger partial charge >= 0.3 is 0 Å². The quantitative estimate of drug-likeness (QED) is 0.758. The smallest absolute Gasteiger partial charge is 0.0417 e. The summed E-state index contributed by atoms with van der Waals surface area (Å²) in [5.41, 5.74) is 0. The van der Waals surface area contributed by atoms with Crippen LogP contribution < -0.4 is 5.32 Å². The second-order valence-electron chi connectivity index (χ2n) is 5.40. The average molecular weight is 330 g/mol. The van der Waals surface area contributed by atoms with Gasteiger partial charge in [-0.3, -0.25) is 0 Å². The first-order valence-electron chi connectivity index (χ1n) is 7.20. The van der Waals surface area contributed by atoms with Crippen LogP contribution in [0.25, 0.3) is 0 Å². The molecule has 102 valence electrons. The lowest BCUT2D eigenvalue weighted by atomic mass is 9.84. The van der Waals surface area contributed by atoms with Gasteiger partial charge in [0.1, 0.15) is 0 Å². The molecule has 1 fully saturated rings. The Morgan fingerprint density at radius 2 is 2.11 bits per heavy atom. The van der Waals surface area contributed by atoms with Crippen molar-refractivity contribution in [3.8, 4) is 0 Å². The van der Waals surface area contributed by atoms with Crippen molar-refractivity contribution in [1.82, 2.24) is 5.32 Å². The second-order valence-corrected chi connectivity index (χ2v) is 7.55. The predicted molar refractivity (Wildman–Crippen MR) is 84.4 cm³/mol. The van der Waals surface area contributed by atoms with Crippen molar-refractivity contribution in [2.75, 3.05) is 6.54 Å². The molecule has 1 saturated carbocycles. The lowest BCUT2D eigenvalue weighted by Crippen LogP contribution is -2.23. The molecule has 1 nitrogen and oxygen atoms in total. The van der Waals surface area contributed by atoms with E-state index < -0.39 is 0 Å². The molecule has 1 aliphatic carbocycles. The van der Waals surface area contributed by atoms with Crippen LogP contribution in [0.2, 0.25) is 0 Å². The molecule has 2 rings (SSSR count). The second kappa shape index (κ2) is 7.06. The first-order chi connectivity index (χ1) is 8.70. The molecule has 1 atom stereocenters. The maximum Gasteiger partial charge on any atom is 0.0417 e. The van der Waals surface area contributed by atoms with E-state index in [1.807, 2.05) is 11.3 Å². The summed E-state index contributed by atoms with van der Waals surface area (Å²) >= 11 is 5.58. The van der Waals surface area contributed by atoms with Gasteiger partial charge in [-0.15, -0.1) is 11.3 Å². The van der Waals surface area contributed by atoms with Crippen LogP contribution in [0, 0.1) is 12.8 Å². The highest BCUT2D eigenvalue weighted by atomic mass is 79.9. The molecular weight excluding hydrogens is 306 g/mol. The lowest BCUT2D eigenvalue weighted by molar-refractivity contribution is 0.303. The number of nitrogens with one attached hydrogen (secondary N) is 1. The normalized spacial score (nSPS) is 19.1. The van der Waals surface area contributed by atoms with Crippen LogP contribution in [0.3, 0.4) is 0 Å². The molecule has 0 radical (unpaired) electrons. The first kappa shape index (κ1) is 14.5. The summed E-state index contributed by atoms with van der Waals surface area (Å²) in [6.07, 6.45) is 8.53. The summed E-state index contributed by atoms with van der Waals surface area (Å²) in [6, 6.07) is 2.88. The van der Waals surface area contributed by atoms with Crippen molar-refractivity contribution in [3.05, 3.63) is 20.3 Å². The van der Waals surface area contributed by atoms with Gasteiger partial charge in [-0.1, -0.05) is 39.0 Å². The number of hydrogen-bond acceptors (Lipinski definition) is 2. The van der Waals surface area contributed by atoms with Crippen molar-refractivity contribution in [2.45, 2.75) is 58.4 Å². The molecule has 18 heavy (non-hydrogen) atoms. The number of aryl methyl sites for hydroxylation is 1. The van der Waals surface area contributed by atoms with Crippen LogP contribution in [0.5, 0.6) is 0 Å². The minimum absolute atomic E-state index is 0.563. The highest BCUT2D eigenvalue weighted by Crippen LogP contribution is 2.36. The molecule has 1 aliphatic rings. The van der Waals surface area contributed by atoms with Crippen LogP contribution in [0.1, 0.15) is 61.2 Å². The molecule has 1 N–H and O–H groups in total. The fourth-order valence-corrected chi connectivity index (χ4v) is 4.61. The zero-order valence-electron chi connectivity index (χ0n) is 11.5. The molecule has 0 aliphatic heterocycles. The molecule has 0 amide bonds. The third kappa shape index (κ3) is 3.82. The predicted octanol–water partition coefficient (Wildman–Crippen LogP) is 5.44. The first-order valence-corrected chi connectivity index (χ1v) is 8.81. The van der Waals surface area contributed by atoms with Crippen LogP contribution in [0.15, 0.2) is 10.5 Å². The third-order valence-electron chi connectivity index (χ3n) is 3.96. The molecule has 0 bridgehead atoms. The fourth-order valence-electron chi connectivity index (χ4n) is 2.96. The molecule has 1 heterocycles. The number of halogens is 1. The average Bonchev–Trinajstić information content (AvgIpc) is 2.70. The zero-order chi connectivity index (χ0) is 13.0. The summed E-state index contributed by atoms with van der Waals surface area (Å²) in [4.78, 5) is 2.91. The van der Waals surface area contributed by atoms with Gasteiger partial charge in [-0.2, -0.15) is 0 Å². The number of thiophene rings is 1. The standard InChI is InChI=1S/C15H24BrNS/c1-3-17-14(9-12-7-5-4-6-8-12)15-10-13(16)11(2)18-15/h10,12,14,17H,3-9H2,1-2H3. The van der Waals surface area contributed by atoms with Gasteiger partial charge in [-0.25, -0.2) is 0 Å². The highest BCUT2D eigenvalue weighted by molar-refractivity contribution is 9.10. The van der Waals surface area contributed by atoms with Crippen LogP contribution in [-0.2, 0) is 0 Å². The van der Waals surface area contributed by atoms with E-state index in [-0.39, 0.29) is 0 Å². The topological polar surface area (TPSA) is 12.0 Å². The molecule has 0 saturated heterocycles. The van der Waals surface area contributed by atoms with Crippen LogP contribution in [0.4, 0.5) is 0 Å². The van der Waals surface area contributed by atoms with Gasteiger partial charge in [0.05, 0.1) is 0 Å². The van der Waals surface area contributed by atoms with E-state index in [9.17, 15) is 0 Å². The van der Waals surface area contributed by atoms with Crippen LogP contribution >= 0.6 is 27.3 Å². The Balaban J connectivity index is 2.02. The van der Waals surface area contributed by atoms with E-state index in [4.69, 9.17) is 0 Å². The summed E-state index contributed by atoms with van der Waals surface area (Å²) < 4.78 is 1.27. The van der Waals surface area contributed by atoms with Gasteiger partial charge in [0.2, 0.25) is 0 Å². The fraction of sp³-hybridized carbons (Fsp3) is 0.733. The third-order valence-corrected chi connectivity index (χ3v) is 6.21. The van der Waals surface area contributed by atoms with Crippen molar-refractivity contribution in [3.63, 3.8) is 0 Å². The maximum absolute atomic E-state index is 3.68. The molecular formula is C15H24BrNS. The Kier molecular flexibility index (Phi) is 5.71. The summed E-state index contributed by atoms with van der Waals surface area (Å²) in [5.74, 6) is 0.934.